The van der Waals surface area contributed by atoms with Crippen LogP contribution in [0.1, 0.15) is 12.0 Å². The first-order chi connectivity index (χ1) is 10.8. The number of nitrogens with zero attached hydrogens (tertiary/aromatic N) is 4. The Balaban J connectivity index is 1.84. The molecular weight excluding hydrogens is 280 g/mol. The van der Waals surface area contributed by atoms with Crippen molar-refractivity contribution in [1.82, 2.24) is 15.2 Å². The minimum Gasteiger partial charge on any atom is -0.330 e. The molecule has 1 aliphatic rings. The first kappa shape index (κ1) is 13.8. The quantitative estimate of drug-likeness (QED) is 0.662. The van der Waals surface area contributed by atoms with Gasteiger partial charge < -0.3 is 10.2 Å². The number of aromatic nitrogens is 3. The third kappa shape index (κ3) is 2.67. The summed E-state index contributed by atoms with van der Waals surface area (Å²) >= 11 is 0. The summed E-state index contributed by atoms with van der Waals surface area (Å²) in [4.78, 5) is 18.1. The Morgan fingerprint density at radius 1 is 1.45 bits per heavy atom. The fourth-order valence-electron chi connectivity index (χ4n) is 2.45. The highest BCUT2D eigenvalue weighted by Crippen LogP contribution is 2.27. The molecule has 0 spiro atoms. The van der Waals surface area contributed by atoms with Gasteiger partial charge in [0.25, 0.3) is 5.91 Å². The van der Waals surface area contributed by atoms with Gasteiger partial charge in [-0.3, -0.25) is 4.79 Å². The third-order valence-electron chi connectivity index (χ3n) is 3.47. The van der Waals surface area contributed by atoms with E-state index in [0.717, 1.165) is 24.1 Å². The molecule has 0 aliphatic carbocycles. The number of nitrogens with one attached hydrogen (secondary N) is 2. The zero-order valence-electron chi connectivity index (χ0n) is 11.8. The first-order valence-electron chi connectivity index (χ1n) is 6.91. The number of anilines is 2. The second kappa shape index (κ2) is 6.10. The average Bonchev–Trinajstić information content (AvgIpc) is 3.08. The molecule has 7 nitrogen and oxygen atoms in total. The number of aryl methyl sites for hydroxylation is 1. The summed E-state index contributed by atoms with van der Waals surface area (Å²) < 4.78 is 0. The molecule has 1 aromatic carbocycles. The van der Waals surface area contributed by atoms with E-state index in [0.29, 0.717) is 12.5 Å². The van der Waals surface area contributed by atoms with Gasteiger partial charge in [0.1, 0.15) is 18.0 Å². The van der Waals surface area contributed by atoms with Crippen LogP contribution in [0.15, 0.2) is 42.4 Å². The SMILES string of the molecule is N#C/C(=C/Nc1ncn[nH]1)C(=O)N1CCCc2ccccc21. The fourth-order valence-corrected chi connectivity index (χ4v) is 2.45. The number of benzene rings is 1. The Bertz CT molecular complexity index is 744. The van der Waals surface area contributed by atoms with Crippen LogP contribution in [0.2, 0.25) is 0 Å². The van der Waals surface area contributed by atoms with E-state index in [4.69, 9.17) is 0 Å². The number of para-hydroxylation sites is 1. The zero-order chi connectivity index (χ0) is 15.4. The van der Waals surface area contributed by atoms with E-state index in [-0.39, 0.29) is 11.5 Å². The lowest BCUT2D eigenvalue weighted by atomic mass is 10.0. The van der Waals surface area contributed by atoms with E-state index in [1.54, 1.807) is 4.90 Å². The molecule has 22 heavy (non-hydrogen) atoms. The van der Waals surface area contributed by atoms with Crippen LogP contribution >= 0.6 is 0 Å². The Kier molecular flexibility index (Phi) is 3.83. The maximum Gasteiger partial charge on any atom is 0.270 e. The van der Waals surface area contributed by atoms with Crippen LogP contribution in [0.4, 0.5) is 11.6 Å². The second-order valence-corrected chi connectivity index (χ2v) is 4.84. The predicted molar refractivity (Wildman–Crippen MR) is 80.8 cm³/mol. The fraction of sp³-hybridized carbons (Fsp3) is 0.200. The largest absolute Gasteiger partial charge is 0.330 e. The standard InChI is InChI=1S/C15H14N6O/c16-8-12(9-17-15-18-10-19-20-15)14(22)21-7-3-5-11-4-1-2-6-13(11)21/h1-2,4,6,9-10H,3,5,7H2,(H2,17,18,19,20)/b12-9-. The monoisotopic (exact) mass is 294 g/mol. The van der Waals surface area contributed by atoms with Gasteiger partial charge in [0.15, 0.2) is 0 Å². The Morgan fingerprint density at radius 2 is 2.32 bits per heavy atom. The van der Waals surface area contributed by atoms with E-state index in [1.165, 1.54) is 12.5 Å². The maximum absolute atomic E-state index is 12.6. The highest BCUT2D eigenvalue weighted by atomic mass is 16.2. The summed E-state index contributed by atoms with van der Waals surface area (Å²) in [6, 6.07) is 9.71. The number of fused-ring (bicyclic) bond motifs is 1. The van der Waals surface area contributed by atoms with Crippen molar-refractivity contribution in [2.75, 3.05) is 16.8 Å². The van der Waals surface area contributed by atoms with Crippen molar-refractivity contribution < 1.29 is 4.79 Å². The van der Waals surface area contributed by atoms with Crippen LogP contribution in [-0.4, -0.2) is 27.6 Å². The van der Waals surface area contributed by atoms with Gasteiger partial charge in [0.2, 0.25) is 5.95 Å². The molecule has 0 fully saturated rings. The summed E-state index contributed by atoms with van der Waals surface area (Å²) in [6.07, 6.45) is 4.52. The van der Waals surface area contributed by atoms with Crippen LogP contribution < -0.4 is 10.2 Å². The van der Waals surface area contributed by atoms with Crippen molar-refractivity contribution in [3.63, 3.8) is 0 Å². The third-order valence-corrected chi connectivity index (χ3v) is 3.47. The number of hydrogen-bond acceptors (Lipinski definition) is 5. The Morgan fingerprint density at radius 3 is 3.09 bits per heavy atom. The molecule has 0 bridgehead atoms. The van der Waals surface area contributed by atoms with E-state index in [1.807, 2.05) is 30.3 Å². The van der Waals surface area contributed by atoms with E-state index in [2.05, 4.69) is 20.5 Å². The number of aromatic amines is 1. The molecule has 2 aromatic rings. The van der Waals surface area contributed by atoms with Gasteiger partial charge >= 0.3 is 0 Å². The molecule has 2 N–H and O–H groups in total. The lowest BCUT2D eigenvalue weighted by molar-refractivity contribution is -0.114. The van der Waals surface area contributed by atoms with E-state index in [9.17, 15) is 10.1 Å². The van der Waals surface area contributed by atoms with E-state index < -0.39 is 0 Å². The topological polar surface area (TPSA) is 97.7 Å². The molecule has 0 unspecified atom stereocenters. The number of hydrogen-bond donors (Lipinski definition) is 2. The molecule has 0 saturated heterocycles. The molecule has 7 heteroatoms. The summed E-state index contributed by atoms with van der Waals surface area (Å²) in [5, 5.41) is 18.3. The number of H-pyrrole nitrogens is 1. The number of amides is 1. The van der Waals surface area contributed by atoms with Gasteiger partial charge in [-0.15, -0.1) is 0 Å². The number of rotatable bonds is 3. The van der Waals surface area contributed by atoms with Crippen molar-refractivity contribution in [2.24, 2.45) is 0 Å². The Hall–Kier alpha value is -3.14. The lowest BCUT2D eigenvalue weighted by Crippen LogP contribution is -2.36. The van der Waals surface area contributed by atoms with Gasteiger partial charge in [-0.1, -0.05) is 18.2 Å². The normalized spacial score (nSPS) is 14.1. The van der Waals surface area contributed by atoms with Gasteiger partial charge in [-0.25, -0.2) is 5.10 Å². The van der Waals surface area contributed by atoms with Crippen LogP contribution in [-0.2, 0) is 11.2 Å². The van der Waals surface area contributed by atoms with E-state index >= 15 is 0 Å². The smallest absolute Gasteiger partial charge is 0.270 e. The molecule has 3 rings (SSSR count). The average molecular weight is 294 g/mol. The van der Waals surface area contributed by atoms with Crippen LogP contribution in [0, 0.1) is 11.3 Å². The minimum atomic E-state index is -0.318. The molecule has 2 heterocycles. The second-order valence-electron chi connectivity index (χ2n) is 4.84. The molecule has 110 valence electrons. The van der Waals surface area contributed by atoms with Crippen LogP contribution in [0.25, 0.3) is 0 Å². The molecule has 1 aromatic heterocycles. The summed E-state index contributed by atoms with van der Waals surface area (Å²) in [5.41, 5.74) is 2.02. The molecule has 0 saturated carbocycles. The zero-order valence-corrected chi connectivity index (χ0v) is 11.8. The van der Waals surface area contributed by atoms with Crippen molar-refractivity contribution in [1.29, 1.82) is 5.26 Å². The predicted octanol–water partition coefficient (Wildman–Crippen LogP) is 1.60. The maximum atomic E-state index is 12.6. The number of nitriles is 1. The Labute approximate surface area is 127 Å². The van der Waals surface area contributed by atoms with Gasteiger partial charge in [0.05, 0.1) is 0 Å². The highest BCUT2D eigenvalue weighted by Gasteiger charge is 2.24. The summed E-state index contributed by atoms with van der Waals surface area (Å²) in [6.45, 7) is 0.608. The number of carbonyl (C=O) groups excluding carboxylic acids is 1. The van der Waals surface area contributed by atoms with Crippen molar-refractivity contribution >= 4 is 17.5 Å². The van der Waals surface area contributed by atoms with Gasteiger partial charge in [-0.05, 0) is 24.5 Å². The van der Waals surface area contributed by atoms with Gasteiger partial charge in [0, 0.05) is 18.4 Å². The molecular formula is C15H14N6O. The molecule has 0 radical (unpaired) electrons. The summed E-state index contributed by atoms with van der Waals surface area (Å²) in [5.74, 6) is 0.0567. The molecule has 0 atom stereocenters. The van der Waals surface area contributed by atoms with Gasteiger partial charge in [-0.2, -0.15) is 15.3 Å². The number of carbonyl (C=O) groups is 1. The highest BCUT2D eigenvalue weighted by molar-refractivity contribution is 6.09. The van der Waals surface area contributed by atoms with Crippen molar-refractivity contribution in [3.8, 4) is 6.07 Å². The lowest BCUT2D eigenvalue weighted by Gasteiger charge is -2.29. The minimum absolute atomic E-state index is 0.0214. The summed E-state index contributed by atoms with van der Waals surface area (Å²) in [7, 11) is 0. The van der Waals surface area contributed by atoms with Crippen molar-refractivity contribution in [2.45, 2.75) is 12.8 Å². The van der Waals surface area contributed by atoms with Crippen LogP contribution in [0.5, 0.6) is 0 Å². The van der Waals surface area contributed by atoms with Crippen molar-refractivity contribution in [3.05, 3.63) is 47.9 Å². The molecule has 1 aliphatic heterocycles. The molecule has 1 amide bonds. The first-order valence-corrected chi connectivity index (χ1v) is 6.91. The van der Waals surface area contributed by atoms with Crippen LogP contribution in [0.3, 0.4) is 0 Å².